The van der Waals surface area contributed by atoms with Gasteiger partial charge < -0.3 is 4.74 Å². The van der Waals surface area contributed by atoms with E-state index < -0.39 is 10.1 Å². The summed E-state index contributed by atoms with van der Waals surface area (Å²) in [5.74, 6) is 0.228. The molecule has 122 valence electrons. The molecule has 3 rings (SSSR count). The highest BCUT2D eigenvalue weighted by Gasteiger charge is 2.28. The molecule has 1 aliphatic rings. The largest absolute Gasteiger partial charge is 0.488 e. The molecule has 1 atom stereocenters. The summed E-state index contributed by atoms with van der Waals surface area (Å²) in [5, 5.41) is 0. The lowest BCUT2D eigenvalue weighted by Gasteiger charge is -2.14. The number of hydrogen-bond donors (Lipinski definition) is 1. The molecule has 1 N–H and O–H groups in total. The third-order valence-corrected chi connectivity index (χ3v) is 5.30. The van der Waals surface area contributed by atoms with Crippen molar-refractivity contribution >= 4 is 26.0 Å². The minimum atomic E-state index is -4.30. The second-order valence-corrected chi connectivity index (χ2v) is 7.85. The van der Waals surface area contributed by atoms with Crippen molar-refractivity contribution in [2.45, 2.75) is 30.8 Å². The van der Waals surface area contributed by atoms with Crippen molar-refractivity contribution in [1.82, 2.24) is 0 Å². The summed E-state index contributed by atoms with van der Waals surface area (Å²) in [4.78, 5) is -0.118. The van der Waals surface area contributed by atoms with Crippen LogP contribution in [0.15, 0.2) is 39.7 Å². The van der Waals surface area contributed by atoms with Gasteiger partial charge in [0.25, 0.3) is 10.1 Å². The minimum absolute atomic E-state index is 0.118. The highest BCUT2D eigenvalue weighted by Crippen LogP contribution is 2.38. The Kier molecular flexibility index (Phi) is 4.20. The maximum atomic E-state index is 13.5. The van der Waals surface area contributed by atoms with Crippen LogP contribution < -0.4 is 4.74 Å². The second kappa shape index (κ2) is 5.89. The second-order valence-electron chi connectivity index (χ2n) is 5.61. The number of aryl methyl sites for hydroxylation is 1. The molecule has 0 aliphatic carbocycles. The lowest BCUT2D eigenvalue weighted by Crippen LogP contribution is -2.18. The zero-order valence-corrected chi connectivity index (χ0v) is 14.6. The van der Waals surface area contributed by atoms with Crippen LogP contribution >= 0.6 is 15.9 Å². The maximum absolute atomic E-state index is 13.5. The first-order valence-corrected chi connectivity index (χ1v) is 9.19. The molecule has 0 aromatic heterocycles. The van der Waals surface area contributed by atoms with Gasteiger partial charge >= 0.3 is 0 Å². The number of halogens is 2. The molecule has 1 unspecified atom stereocenters. The summed E-state index contributed by atoms with van der Waals surface area (Å²) in [6.45, 7) is 1.84. The number of rotatable bonds is 3. The number of ether oxygens (including phenoxy) is 1. The molecular weight excluding hydrogens is 387 g/mol. The fourth-order valence-corrected chi connectivity index (χ4v) is 4.11. The molecule has 0 fully saturated rings. The summed E-state index contributed by atoms with van der Waals surface area (Å²) in [6, 6.07) is 7.48. The molecule has 0 radical (unpaired) electrons. The Morgan fingerprint density at radius 2 is 2.09 bits per heavy atom. The van der Waals surface area contributed by atoms with Gasteiger partial charge in [0.05, 0.1) is 9.37 Å². The molecule has 7 heteroatoms. The molecular formula is C16H14BrFO4S. The topological polar surface area (TPSA) is 63.6 Å². The molecule has 0 amide bonds. The summed E-state index contributed by atoms with van der Waals surface area (Å²) in [7, 11) is -4.30. The van der Waals surface area contributed by atoms with Gasteiger partial charge in [-0.1, -0.05) is 17.7 Å². The summed E-state index contributed by atoms with van der Waals surface area (Å²) in [5.41, 5.74) is 2.11. The van der Waals surface area contributed by atoms with Crippen LogP contribution in [0.2, 0.25) is 0 Å². The van der Waals surface area contributed by atoms with Gasteiger partial charge in [-0.3, -0.25) is 4.55 Å². The SMILES string of the molecule is Cc1ccc(S(=O)(=O)O)c(CC2Cc3cc(F)cc(Br)c3O2)c1. The molecule has 23 heavy (non-hydrogen) atoms. The Labute approximate surface area is 142 Å². The molecule has 0 bridgehead atoms. The Morgan fingerprint density at radius 3 is 2.78 bits per heavy atom. The van der Waals surface area contributed by atoms with Crippen LogP contribution in [-0.2, 0) is 23.0 Å². The Bertz CT molecular complexity index is 880. The van der Waals surface area contributed by atoms with E-state index in [1.165, 1.54) is 18.2 Å². The highest BCUT2D eigenvalue weighted by molar-refractivity contribution is 9.10. The molecule has 0 saturated heterocycles. The molecule has 2 aromatic carbocycles. The normalized spacial score (nSPS) is 17.0. The lowest BCUT2D eigenvalue weighted by molar-refractivity contribution is 0.231. The summed E-state index contributed by atoms with van der Waals surface area (Å²) < 4.78 is 52.2. The van der Waals surface area contributed by atoms with Gasteiger partial charge in [-0.2, -0.15) is 8.42 Å². The average molecular weight is 401 g/mol. The van der Waals surface area contributed by atoms with Gasteiger partial charge in [-0.05, 0) is 46.6 Å². The molecule has 1 aliphatic heterocycles. The van der Waals surface area contributed by atoms with Gasteiger partial charge in [-0.15, -0.1) is 0 Å². The quantitative estimate of drug-likeness (QED) is 0.797. The van der Waals surface area contributed by atoms with Crippen molar-refractivity contribution in [2.24, 2.45) is 0 Å². The van der Waals surface area contributed by atoms with E-state index in [2.05, 4.69) is 15.9 Å². The van der Waals surface area contributed by atoms with Crippen molar-refractivity contribution < 1.29 is 22.1 Å². The van der Waals surface area contributed by atoms with Crippen LogP contribution in [0, 0.1) is 12.7 Å². The van der Waals surface area contributed by atoms with Crippen LogP contribution in [-0.4, -0.2) is 19.1 Å². The fourth-order valence-electron chi connectivity index (χ4n) is 2.83. The Morgan fingerprint density at radius 1 is 1.35 bits per heavy atom. The van der Waals surface area contributed by atoms with E-state index in [1.807, 2.05) is 6.92 Å². The third-order valence-electron chi connectivity index (χ3n) is 3.76. The highest BCUT2D eigenvalue weighted by atomic mass is 79.9. The molecule has 2 aromatic rings. The summed E-state index contributed by atoms with van der Waals surface area (Å²) >= 11 is 3.27. The van der Waals surface area contributed by atoms with Crippen LogP contribution in [0.4, 0.5) is 4.39 Å². The number of hydrogen-bond acceptors (Lipinski definition) is 3. The Hall–Kier alpha value is -1.44. The van der Waals surface area contributed by atoms with E-state index in [0.717, 1.165) is 11.1 Å². The predicted octanol–water partition coefficient (Wildman–Crippen LogP) is 3.69. The first-order chi connectivity index (χ1) is 10.7. The van der Waals surface area contributed by atoms with Gasteiger partial charge in [0.1, 0.15) is 17.7 Å². The third kappa shape index (κ3) is 3.41. The first kappa shape index (κ1) is 16.4. The maximum Gasteiger partial charge on any atom is 0.294 e. The smallest absolute Gasteiger partial charge is 0.294 e. The van der Waals surface area contributed by atoms with Crippen molar-refractivity contribution in [3.8, 4) is 5.75 Å². The number of fused-ring (bicyclic) bond motifs is 1. The first-order valence-electron chi connectivity index (χ1n) is 6.95. The zero-order chi connectivity index (χ0) is 16.8. The van der Waals surface area contributed by atoms with Crippen LogP contribution in [0.1, 0.15) is 16.7 Å². The molecule has 0 spiro atoms. The van der Waals surface area contributed by atoms with Crippen molar-refractivity contribution in [3.63, 3.8) is 0 Å². The fraction of sp³-hybridized carbons (Fsp3) is 0.250. The molecule has 1 heterocycles. The standard InChI is InChI=1S/C16H14BrFO4S/c1-9-2-3-15(23(19,20)21)10(4-9)6-13-7-11-5-12(18)8-14(17)16(11)22-13/h2-5,8,13H,6-7H2,1H3,(H,19,20,21). The zero-order valence-electron chi connectivity index (χ0n) is 12.2. The van der Waals surface area contributed by atoms with E-state index in [-0.39, 0.29) is 16.8 Å². The van der Waals surface area contributed by atoms with Crippen LogP contribution in [0.5, 0.6) is 5.75 Å². The lowest BCUT2D eigenvalue weighted by atomic mass is 10.0. The van der Waals surface area contributed by atoms with E-state index in [9.17, 15) is 17.4 Å². The van der Waals surface area contributed by atoms with Gasteiger partial charge in [0.2, 0.25) is 0 Å². The van der Waals surface area contributed by atoms with Crippen LogP contribution in [0.3, 0.4) is 0 Å². The van der Waals surface area contributed by atoms with E-state index in [4.69, 9.17) is 4.74 Å². The van der Waals surface area contributed by atoms with E-state index in [0.29, 0.717) is 28.6 Å². The van der Waals surface area contributed by atoms with Crippen LogP contribution in [0.25, 0.3) is 0 Å². The van der Waals surface area contributed by atoms with Gasteiger partial charge in [0, 0.05) is 18.4 Å². The van der Waals surface area contributed by atoms with Crippen molar-refractivity contribution in [1.29, 1.82) is 0 Å². The number of benzene rings is 2. The molecule has 0 saturated carbocycles. The average Bonchev–Trinajstić information content (AvgIpc) is 2.80. The van der Waals surface area contributed by atoms with Gasteiger partial charge in [0.15, 0.2) is 0 Å². The summed E-state index contributed by atoms with van der Waals surface area (Å²) in [6.07, 6.45) is 0.467. The van der Waals surface area contributed by atoms with Crippen molar-refractivity contribution in [3.05, 3.63) is 57.3 Å². The monoisotopic (exact) mass is 400 g/mol. The van der Waals surface area contributed by atoms with E-state index >= 15 is 0 Å². The van der Waals surface area contributed by atoms with Gasteiger partial charge in [-0.25, -0.2) is 4.39 Å². The predicted molar refractivity (Wildman–Crippen MR) is 86.9 cm³/mol. The molecule has 4 nitrogen and oxygen atoms in total. The Balaban J connectivity index is 1.91. The van der Waals surface area contributed by atoms with Crippen molar-refractivity contribution in [2.75, 3.05) is 0 Å². The minimum Gasteiger partial charge on any atom is -0.488 e. The van der Waals surface area contributed by atoms with E-state index in [1.54, 1.807) is 12.1 Å².